The van der Waals surface area contributed by atoms with Crippen molar-refractivity contribution in [2.45, 2.75) is 33.6 Å². The van der Waals surface area contributed by atoms with Crippen molar-refractivity contribution in [3.63, 3.8) is 0 Å². The maximum atomic E-state index is 12.3. The summed E-state index contributed by atoms with van der Waals surface area (Å²) in [5.74, 6) is -1.47. The van der Waals surface area contributed by atoms with E-state index in [-0.39, 0.29) is 30.3 Å². The third-order valence-electron chi connectivity index (χ3n) is 5.42. The molecule has 0 aliphatic carbocycles. The average molecular weight is 319 g/mol. The van der Waals surface area contributed by atoms with Crippen LogP contribution in [0.25, 0.3) is 0 Å². The summed E-state index contributed by atoms with van der Waals surface area (Å²) in [7, 11) is 0. The van der Waals surface area contributed by atoms with E-state index in [1.165, 1.54) is 4.90 Å². The molecule has 3 atom stereocenters. The van der Waals surface area contributed by atoms with Crippen LogP contribution in [0.15, 0.2) is 30.3 Å². The number of carbonyl (C=O) groups is 2. The second kappa shape index (κ2) is 5.87. The number of hydrogen-bond donors (Lipinski definition) is 2. The van der Waals surface area contributed by atoms with E-state index in [1.54, 1.807) is 0 Å². The van der Waals surface area contributed by atoms with Crippen molar-refractivity contribution in [3.8, 4) is 0 Å². The number of rotatable bonds is 3. The molecule has 1 saturated heterocycles. The molecule has 1 heterocycles. The van der Waals surface area contributed by atoms with Crippen molar-refractivity contribution in [3.05, 3.63) is 35.9 Å². The Kier molecular flexibility index (Phi) is 4.42. The van der Waals surface area contributed by atoms with Gasteiger partial charge in [-0.3, -0.25) is 4.79 Å². The number of amides is 1. The second-order valence-corrected chi connectivity index (χ2v) is 7.56. The lowest BCUT2D eigenvalue weighted by Crippen LogP contribution is -2.48. The predicted octanol–water partition coefficient (Wildman–Crippen LogP) is 3.52. The Morgan fingerprint density at radius 3 is 2.22 bits per heavy atom. The lowest BCUT2D eigenvalue weighted by molar-refractivity contribution is -0.155. The van der Waals surface area contributed by atoms with Crippen LogP contribution in [0.5, 0.6) is 0 Å². The molecule has 126 valence electrons. The van der Waals surface area contributed by atoms with E-state index >= 15 is 0 Å². The van der Waals surface area contributed by atoms with Gasteiger partial charge in [-0.15, -0.1) is 0 Å². The van der Waals surface area contributed by atoms with E-state index in [9.17, 15) is 19.8 Å². The zero-order valence-electron chi connectivity index (χ0n) is 14.1. The maximum Gasteiger partial charge on any atom is 0.407 e. The van der Waals surface area contributed by atoms with Gasteiger partial charge in [0.05, 0.1) is 5.41 Å². The minimum absolute atomic E-state index is 0.0235. The highest BCUT2D eigenvalue weighted by molar-refractivity contribution is 5.80. The largest absolute Gasteiger partial charge is 0.481 e. The van der Waals surface area contributed by atoms with Crippen LogP contribution in [0.3, 0.4) is 0 Å². The topological polar surface area (TPSA) is 77.8 Å². The summed E-state index contributed by atoms with van der Waals surface area (Å²) in [5, 5.41) is 19.5. The molecule has 0 radical (unpaired) electrons. The molecule has 0 saturated carbocycles. The summed E-state index contributed by atoms with van der Waals surface area (Å²) in [6, 6.07) is 9.40. The molecular formula is C18H25NO4. The highest BCUT2D eigenvalue weighted by Gasteiger charge is 2.59. The van der Waals surface area contributed by atoms with Crippen molar-refractivity contribution in [1.82, 2.24) is 4.90 Å². The van der Waals surface area contributed by atoms with E-state index < -0.39 is 17.5 Å². The first-order valence-corrected chi connectivity index (χ1v) is 7.87. The second-order valence-electron chi connectivity index (χ2n) is 7.56. The number of aliphatic carboxylic acids is 1. The van der Waals surface area contributed by atoms with Crippen LogP contribution in [0.2, 0.25) is 0 Å². The summed E-state index contributed by atoms with van der Waals surface area (Å²) < 4.78 is 0. The Balaban J connectivity index is 2.59. The molecule has 1 aromatic carbocycles. The van der Waals surface area contributed by atoms with E-state index in [2.05, 4.69) is 0 Å². The Bertz CT molecular complexity index is 593. The quantitative estimate of drug-likeness (QED) is 0.893. The molecule has 0 spiro atoms. The van der Waals surface area contributed by atoms with Gasteiger partial charge in [0.25, 0.3) is 0 Å². The van der Waals surface area contributed by atoms with Gasteiger partial charge >= 0.3 is 12.1 Å². The van der Waals surface area contributed by atoms with Crippen molar-refractivity contribution in [2.24, 2.45) is 16.7 Å². The van der Waals surface area contributed by atoms with E-state index in [0.29, 0.717) is 0 Å². The average Bonchev–Trinajstić information content (AvgIpc) is 2.88. The molecule has 1 aromatic rings. The first kappa shape index (κ1) is 17.3. The molecule has 1 fully saturated rings. The fourth-order valence-electron chi connectivity index (χ4n) is 3.72. The SMILES string of the molecule is CC(C(C)(C)C)C1(C(=O)O)CN(C(=O)O)CC1c1ccccc1. The van der Waals surface area contributed by atoms with Crippen LogP contribution in [-0.4, -0.2) is 40.3 Å². The van der Waals surface area contributed by atoms with Crippen molar-refractivity contribution < 1.29 is 19.8 Å². The zero-order valence-corrected chi connectivity index (χ0v) is 14.1. The maximum absolute atomic E-state index is 12.3. The molecule has 1 amide bonds. The van der Waals surface area contributed by atoms with E-state index in [4.69, 9.17) is 0 Å². The van der Waals surface area contributed by atoms with Gasteiger partial charge in [0, 0.05) is 19.0 Å². The Hall–Kier alpha value is -2.04. The Morgan fingerprint density at radius 2 is 1.78 bits per heavy atom. The Morgan fingerprint density at radius 1 is 1.22 bits per heavy atom. The minimum atomic E-state index is -1.13. The molecule has 1 aliphatic heterocycles. The number of hydrogen-bond acceptors (Lipinski definition) is 2. The smallest absolute Gasteiger partial charge is 0.407 e. The van der Waals surface area contributed by atoms with Gasteiger partial charge in [-0.25, -0.2) is 4.79 Å². The number of likely N-dealkylation sites (tertiary alicyclic amines) is 1. The molecule has 5 heteroatoms. The molecule has 0 aromatic heterocycles. The van der Waals surface area contributed by atoms with Crippen LogP contribution < -0.4 is 0 Å². The third kappa shape index (κ3) is 2.92. The van der Waals surface area contributed by atoms with Gasteiger partial charge in [0.2, 0.25) is 0 Å². The minimum Gasteiger partial charge on any atom is -0.481 e. The predicted molar refractivity (Wildman–Crippen MR) is 87.5 cm³/mol. The van der Waals surface area contributed by atoms with Gasteiger partial charge in [-0.05, 0) is 16.9 Å². The van der Waals surface area contributed by atoms with Crippen LogP contribution in [0.1, 0.15) is 39.2 Å². The monoisotopic (exact) mass is 319 g/mol. The van der Waals surface area contributed by atoms with Crippen LogP contribution in [0.4, 0.5) is 4.79 Å². The summed E-state index contributed by atoms with van der Waals surface area (Å²) >= 11 is 0. The van der Waals surface area contributed by atoms with Crippen molar-refractivity contribution >= 4 is 12.1 Å². The highest BCUT2D eigenvalue weighted by atomic mass is 16.4. The molecule has 2 N–H and O–H groups in total. The van der Waals surface area contributed by atoms with Crippen LogP contribution >= 0.6 is 0 Å². The number of benzene rings is 1. The molecule has 0 bridgehead atoms. The summed E-state index contributed by atoms with van der Waals surface area (Å²) in [4.78, 5) is 25.1. The van der Waals surface area contributed by atoms with Gasteiger partial charge in [0.1, 0.15) is 0 Å². The van der Waals surface area contributed by atoms with Gasteiger partial charge < -0.3 is 15.1 Å². The lowest BCUT2D eigenvalue weighted by Gasteiger charge is -2.43. The van der Waals surface area contributed by atoms with Gasteiger partial charge in [-0.2, -0.15) is 0 Å². The fourth-order valence-corrected chi connectivity index (χ4v) is 3.72. The van der Waals surface area contributed by atoms with Crippen LogP contribution in [0, 0.1) is 16.7 Å². The van der Waals surface area contributed by atoms with Gasteiger partial charge in [-0.1, -0.05) is 58.0 Å². The lowest BCUT2D eigenvalue weighted by atomic mass is 9.59. The Labute approximate surface area is 136 Å². The summed E-state index contributed by atoms with van der Waals surface area (Å²) in [6.07, 6.45) is -1.06. The number of carboxylic acid groups (broad SMARTS) is 2. The zero-order chi connectivity index (χ0) is 17.4. The van der Waals surface area contributed by atoms with Crippen LogP contribution in [-0.2, 0) is 4.79 Å². The first-order valence-electron chi connectivity index (χ1n) is 7.87. The normalized spacial score (nSPS) is 26.1. The van der Waals surface area contributed by atoms with E-state index in [0.717, 1.165) is 5.56 Å². The summed E-state index contributed by atoms with van der Waals surface area (Å²) in [5.41, 5.74) is -0.493. The molecule has 1 aliphatic rings. The first-order chi connectivity index (χ1) is 10.6. The van der Waals surface area contributed by atoms with E-state index in [1.807, 2.05) is 58.0 Å². The number of nitrogens with zero attached hydrogens (tertiary/aromatic N) is 1. The highest BCUT2D eigenvalue weighted by Crippen LogP contribution is 2.53. The van der Waals surface area contributed by atoms with Gasteiger partial charge in [0.15, 0.2) is 0 Å². The molecule has 5 nitrogen and oxygen atoms in total. The molecule has 2 rings (SSSR count). The van der Waals surface area contributed by atoms with Crippen molar-refractivity contribution in [1.29, 1.82) is 0 Å². The molecule has 3 unspecified atom stereocenters. The molecule has 23 heavy (non-hydrogen) atoms. The third-order valence-corrected chi connectivity index (χ3v) is 5.42. The standard InChI is InChI=1S/C18H25NO4/c1-12(17(2,3)4)18(15(20)21)11-19(16(22)23)10-14(18)13-8-6-5-7-9-13/h5-9,12,14H,10-11H2,1-4H3,(H,20,21)(H,22,23). The molecular weight excluding hydrogens is 294 g/mol. The summed E-state index contributed by atoms with van der Waals surface area (Å²) in [6.45, 7) is 8.19. The number of carboxylic acids is 1. The van der Waals surface area contributed by atoms with Crippen molar-refractivity contribution in [2.75, 3.05) is 13.1 Å². The fraction of sp³-hybridized carbons (Fsp3) is 0.556.